The SMILES string of the molecule is CCOc1cncc(N2CCCC(NC)C2)n1. The lowest BCUT2D eigenvalue weighted by molar-refractivity contribution is 0.325. The van der Waals surface area contributed by atoms with E-state index in [-0.39, 0.29) is 0 Å². The Bertz CT molecular complexity index is 358. The molecule has 0 spiro atoms. The summed E-state index contributed by atoms with van der Waals surface area (Å²) in [5.74, 6) is 1.52. The molecule has 1 saturated heterocycles. The van der Waals surface area contributed by atoms with Crippen molar-refractivity contribution in [2.24, 2.45) is 0 Å². The minimum absolute atomic E-state index is 0.543. The molecule has 1 atom stereocenters. The average molecular weight is 236 g/mol. The largest absolute Gasteiger partial charge is 0.477 e. The van der Waals surface area contributed by atoms with Crippen molar-refractivity contribution in [1.29, 1.82) is 0 Å². The lowest BCUT2D eigenvalue weighted by Crippen LogP contribution is -2.44. The highest BCUT2D eigenvalue weighted by Crippen LogP contribution is 2.19. The van der Waals surface area contributed by atoms with E-state index >= 15 is 0 Å². The second-order valence-corrected chi connectivity index (χ2v) is 4.22. The van der Waals surface area contributed by atoms with E-state index in [2.05, 4.69) is 20.2 Å². The van der Waals surface area contributed by atoms with Gasteiger partial charge in [0.1, 0.15) is 0 Å². The number of hydrogen-bond donors (Lipinski definition) is 1. The second-order valence-electron chi connectivity index (χ2n) is 4.22. The predicted molar refractivity (Wildman–Crippen MR) is 67.5 cm³/mol. The molecule has 0 amide bonds. The van der Waals surface area contributed by atoms with Crippen LogP contribution in [0.5, 0.6) is 5.88 Å². The first-order chi connectivity index (χ1) is 8.33. The monoisotopic (exact) mass is 236 g/mol. The fourth-order valence-corrected chi connectivity index (χ4v) is 2.13. The lowest BCUT2D eigenvalue weighted by Gasteiger charge is -2.33. The van der Waals surface area contributed by atoms with Gasteiger partial charge >= 0.3 is 0 Å². The molecule has 1 fully saturated rings. The van der Waals surface area contributed by atoms with E-state index in [1.807, 2.05) is 14.0 Å². The van der Waals surface area contributed by atoms with Gasteiger partial charge < -0.3 is 15.0 Å². The van der Waals surface area contributed by atoms with Crippen LogP contribution in [0.25, 0.3) is 0 Å². The third-order valence-electron chi connectivity index (χ3n) is 3.05. The second kappa shape index (κ2) is 5.82. The van der Waals surface area contributed by atoms with Crippen molar-refractivity contribution in [3.63, 3.8) is 0 Å². The Morgan fingerprint density at radius 2 is 2.41 bits per heavy atom. The normalized spacial score (nSPS) is 20.4. The Kier molecular flexibility index (Phi) is 4.14. The molecule has 1 unspecified atom stereocenters. The number of anilines is 1. The smallest absolute Gasteiger partial charge is 0.234 e. The van der Waals surface area contributed by atoms with Gasteiger partial charge in [0.25, 0.3) is 0 Å². The molecule has 94 valence electrons. The van der Waals surface area contributed by atoms with Gasteiger partial charge in [0.05, 0.1) is 19.0 Å². The molecule has 1 aliphatic rings. The first-order valence-electron chi connectivity index (χ1n) is 6.20. The third-order valence-corrected chi connectivity index (χ3v) is 3.05. The maximum Gasteiger partial charge on any atom is 0.234 e. The Balaban J connectivity index is 2.07. The van der Waals surface area contributed by atoms with Crippen molar-refractivity contribution in [2.75, 3.05) is 31.6 Å². The molecule has 0 aliphatic carbocycles. The summed E-state index contributed by atoms with van der Waals surface area (Å²) in [7, 11) is 2.01. The Hall–Kier alpha value is -1.36. The molecule has 1 N–H and O–H groups in total. The zero-order valence-electron chi connectivity index (χ0n) is 10.5. The van der Waals surface area contributed by atoms with Crippen molar-refractivity contribution in [3.05, 3.63) is 12.4 Å². The molecule has 0 saturated carbocycles. The van der Waals surface area contributed by atoms with Gasteiger partial charge in [-0.05, 0) is 26.8 Å². The minimum Gasteiger partial charge on any atom is -0.477 e. The molecule has 5 nitrogen and oxygen atoms in total. The van der Waals surface area contributed by atoms with Crippen LogP contribution < -0.4 is 15.0 Å². The third kappa shape index (κ3) is 3.06. The first-order valence-corrected chi connectivity index (χ1v) is 6.20. The highest BCUT2D eigenvalue weighted by atomic mass is 16.5. The molecule has 5 heteroatoms. The van der Waals surface area contributed by atoms with Gasteiger partial charge in [-0.3, -0.25) is 4.98 Å². The molecular weight excluding hydrogens is 216 g/mol. The standard InChI is InChI=1S/C12H20N4O/c1-3-17-12-8-14-7-11(15-12)16-6-4-5-10(9-16)13-2/h7-8,10,13H,3-6,9H2,1-2H3. The molecule has 1 aromatic heterocycles. The summed E-state index contributed by atoms with van der Waals surface area (Å²) >= 11 is 0. The van der Waals surface area contributed by atoms with Crippen LogP contribution in [0, 0.1) is 0 Å². The van der Waals surface area contributed by atoms with E-state index in [1.54, 1.807) is 12.4 Å². The summed E-state index contributed by atoms with van der Waals surface area (Å²) in [6.45, 7) is 4.60. The van der Waals surface area contributed by atoms with E-state index in [0.717, 1.165) is 18.9 Å². The minimum atomic E-state index is 0.543. The van der Waals surface area contributed by atoms with Crippen molar-refractivity contribution in [2.45, 2.75) is 25.8 Å². The molecule has 1 aromatic rings. The van der Waals surface area contributed by atoms with E-state index in [0.29, 0.717) is 18.5 Å². The average Bonchev–Trinajstić information content (AvgIpc) is 2.40. The van der Waals surface area contributed by atoms with Crippen molar-refractivity contribution >= 4 is 5.82 Å². The highest BCUT2D eigenvalue weighted by Gasteiger charge is 2.19. The summed E-state index contributed by atoms with van der Waals surface area (Å²) in [6.07, 6.45) is 5.88. The van der Waals surface area contributed by atoms with Gasteiger partial charge in [-0.2, -0.15) is 4.98 Å². The summed E-state index contributed by atoms with van der Waals surface area (Å²) < 4.78 is 5.37. The number of aromatic nitrogens is 2. The molecule has 1 aliphatic heterocycles. The number of piperidine rings is 1. The van der Waals surface area contributed by atoms with Gasteiger partial charge in [0.2, 0.25) is 5.88 Å². The molecule has 0 aromatic carbocycles. The van der Waals surface area contributed by atoms with Crippen molar-refractivity contribution in [3.8, 4) is 5.88 Å². The summed E-state index contributed by atoms with van der Waals surface area (Å²) in [5.41, 5.74) is 0. The van der Waals surface area contributed by atoms with Gasteiger partial charge in [-0.25, -0.2) is 0 Å². The van der Waals surface area contributed by atoms with Gasteiger partial charge in [0.15, 0.2) is 5.82 Å². The van der Waals surface area contributed by atoms with Crippen LogP contribution in [-0.2, 0) is 0 Å². The summed E-state index contributed by atoms with van der Waals surface area (Å²) in [5, 5.41) is 3.32. The number of hydrogen-bond acceptors (Lipinski definition) is 5. The summed E-state index contributed by atoms with van der Waals surface area (Å²) in [6, 6.07) is 0.543. The molecule has 0 bridgehead atoms. The number of ether oxygens (including phenoxy) is 1. The van der Waals surface area contributed by atoms with Crippen LogP contribution in [0.2, 0.25) is 0 Å². The van der Waals surface area contributed by atoms with Crippen LogP contribution in [-0.4, -0.2) is 42.8 Å². The molecule has 0 radical (unpaired) electrons. The van der Waals surface area contributed by atoms with E-state index < -0.39 is 0 Å². The van der Waals surface area contributed by atoms with Gasteiger partial charge in [-0.15, -0.1) is 0 Å². The fourth-order valence-electron chi connectivity index (χ4n) is 2.13. The quantitative estimate of drug-likeness (QED) is 0.847. The molecular formula is C12H20N4O. The highest BCUT2D eigenvalue weighted by molar-refractivity contribution is 5.38. The van der Waals surface area contributed by atoms with Crippen LogP contribution >= 0.6 is 0 Å². The van der Waals surface area contributed by atoms with Crippen molar-refractivity contribution < 1.29 is 4.74 Å². The van der Waals surface area contributed by atoms with E-state index in [1.165, 1.54) is 12.8 Å². The van der Waals surface area contributed by atoms with Gasteiger partial charge in [-0.1, -0.05) is 0 Å². The van der Waals surface area contributed by atoms with Crippen LogP contribution in [0.4, 0.5) is 5.82 Å². The van der Waals surface area contributed by atoms with E-state index in [4.69, 9.17) is 4.74 Å². The zero-order valence-corrected chi connectivity index (χ0v) is 10.5. The maximum absolute atomic E-state index is 5.37. The molecule has 2 heterocycles. The Morgan fingerprint density at radius 3 is 3.18 bits per heavy atom. The van der Waals surface area contributed by atoms with Crippen molar-refractivity contribution in [1.82, 2.24) is 15.3 Å². The number of likely N-dealkylation sites (N-methyl/N-ethyl adjacent to an activating group) is 1. The van der Waals surface area contributed by atoms with Crippen LogP contribution in [0.1, 0.15) is 19.8 Å². The Morgan fingerprint density at radius 1 is 1.53 bits per heavy atom. The molecule has 2 rings (SSSR count). The number of nitrogens with zero attached hydrogens (tertiary/aromatic N) is 3. The maximum atomic E-state index is 5.37. The first kappa shape index (κ1) is 12.1. The Labute approximate surface area is 102 Å². The van der Waals surface area contributed by atoms with Crippen LogP contribution in [0.15, 0.2) is 12.4 Å². The zero-order chi connectivity index (χ0) is 12.1. The predicted octanol–water partition coefficient (Wildman–Crippen LogP) is 1.06. The summed E-state index contributed by atoms with van der Waals surface area (Å²) in [4.78, 5) is 10.9. The van der Waals surface area contributed by atoms with Crippen LogP contribution in [0.3, 0.4) is 0 Å². The van der Waals surface area contributed by atoms with Gasteiger partial charge in [0, 0.05) is 19.1 Å². The lowest BCUT2D eigenvalue weighted by atomic mass is 10.1. The molecule has 17 heavy (non-hydrogen) atoms. The van der Waals surface area contributed by atoms with E-state index in [9.17, 15) is 0 Å². The fraction of sp³-hybridized carbons (Fsp3) is 0.667. The number of rotatable bonds is 4. The number of nitrogens with one attached hydrogen (secondary N) is 1. The topological polar surface area (TPSA) is 50.3 Å².